The largest absolute Gasteiger partial charge is 0.477 e. The van der Waals surface area contributed by atoms with Crippen LogP contribution in [0.1, 0.15) is 13.3 Å². The second kappa shape index (κ2) is 2.74. The minimum Gasteiger partial charge on any atom is -0.477 e. The SMILES string of the molecule is CCC1C=C(C(=O)O)C(=O)O1. The molecule has 0 aromatic rings. The Balaban J connectivity index is 2.79. The summed E-state index contributed by atoms with van der Waals surface area (Å²) in [7, 11) is 0. The van der Waals surface area contributed by atoms with E-state index in [1.807, 2.05) is 6.92 Å². The lowest BCUT2D eigenvalue weighted by molar-refractivity contribution is -0.143. The first-order chi connectivity index (χ1) is 5.15. The normalized spacial score (nSPS) is 22.8. The van der Waals surface area contributed by atoms with E-state index in [1.54, 1.807) is 0 Å². The van der Waals surface area contributed by atoms with Gasteiger partial charge in [-0.05, 0) is 12.5 Å². The van der Waals surface area contributed by atoms with E-state index in [4.69, 9.17) is 5.11 Å². The molecule has 1 aliphatic heterocycles. The molecule has 1 aliphatic rings. The highest BCUT2D eigenvalue weighted by Gasteiger charge is 2.28. The van der Waals surface area contributed by atoms with E-state index in [2.05, 4.69) is 4.74 Å². The van der Waals surface area contributed by atoms with Crippen LogP contribution in [0.25, 0.3) is 0 Å². The van der Waals surface area contributed by atoms with Crippen LogP contribution in [0.3, 0.4) is 0 Å². The average molecular weight is 156 g/mol. The van der Waals surface area contributed by atoms with Crippen molar-refractivity contribution in [2.75, 3.05) is 0 Å². The van der Waals surface area contributed by atoms with Crippen molar-refractivity contribution in [1.82, 2.24) is 0 Å². The minimum absolute atomic E-state index is 0.253. The summed E-state index contributed by atoms with van der Waals surface area (Å²) in [4.78, 5) is 21.0. The van der Waals surface area contributed by atoms with Gasteiger partial charge in [-0.15, -0.1) is 0 Å². The fourth-order valence-electron chi connectivity index (χ4n) is 0.849. The van der Waals surface area contributed by atoms with Crippen LogP contribution in [0, 0.1) is 0 Å². The van der Waals surface area contributed by atoms with Gasteiger partial charge in [0.05, 0.1) is 0 Å². The van der Waals surface area contributed by atoms with Crippen molar-refractivity contribution in [3.63, 3.8) is 0 Å². The maximum absolute atomic E-state index is 10.7. The predicted molar refractivity (Wildman–Crippen MR) is 35.9 cm³/mol. The second-order valence-corrected chi connectivity index (χ2v) is 2.24. The van der Waals surface area contributed by atoms with Gasteiger partial charge in [0.25, 0.3) is 0 Å². The molecule has 1 rings (SSSR count). The lowest BCUT2D eigenvalue weighted by atomic mass is 10.2. The Labute approximate surface area is 63.5 Å². The van der Waals surface area contributed by atoms with Gasteiger partial charge >= 0.3 is 11.9 Å². The monoisotopic (exact) mass is 156 g/mol. The minimum atomic E-state index is -1.22. The lowest BCUT2D eigenvalue weighted by Gasteiger charge is -2.01. The number of carboxylic acids is 1. The average Bonchev–Trinajstić information content (AvgIpc) is 2.30. The number of aliphatic carboxylic acids is 1. The van der Waals surface area contributed by atoms with Crippen LogP contribution in [0.4, 0.5) is 0 Å². The Morgan fingerprint density at radius 1 is 1.82 bits per heavy atom. The zero-order valence-electron chi connectivity index (χ0n) is 6.03. The summed E-state index contributed by atoms with van der Waals surface area (Å²) in [5, 5.41) is 8.43. The fourth-order valence-corrected chi connectivity index (χ4v) is 0.849. The molecule has 4 heteroatoms. The Morgan fingerprint density at radius 2 is 2.45 bits per heavy atom. The summed E-state index contributed by atoms with van der Waals surface area (Å²) < 4.78 is 4.67. The molecule has 1 unspecified atom stereocenters. The number of rotatable bonds is 2. The summed E-state index contributed by atoms with van der Waals surface area (Å²) in [6, 6.07) is 0. The predicted octanol–water partition coefficient (Wildman–Crippen LogP) is 0.333. The number of hydrogen-bond acceptors (Lipinski definition) is 3. The van der Waals surface area contributed by atoms with Crippen molar-refractivity contribution >= 4 is 11.9 Å². The van der Waals surface area contributed by atoms with Crippen LogP contribution in [0.15, 0.2) is 11.6 Å². The van der Waals surface area contributed by atoms with E-state index in [9.17, 15) is 9.59 Å². The van der Waals surface area contributed by atoms with Gasteiger partial charge in [0, 0.05) is 0 Å². The van der Waals surface area contributed by atoms with E-state index in [0.717, 1.165) is 0 Å². The van der Waals surface area contributed by atoms with Crippen LogP contribution in [0.2, 0.25) is 0 Å². The Morgan fingerprint density at radius 3 is 2.73 bits per heavy atom. The molecule has 1 atom stereocenters. The summed E-state index contributed by atoms with van der Waals surface area (Å²) in [6.07, 6.45) is 1.60. The van der Waals surface area contributed by atoms with E-state index in [0.29, 0.717) is 6.42 Å². The topological polar surface area (TPSA) is 63.6 Å². The van der Waals surface area contributed by atoms with Gasteiger partial charge in [-0.1, -0.05) is 6.92 Å². The first-order valence-electron chi connectivity index (χ1n) is 3.31. The maximum atomic E-state index is 10.7. The van der Waals surface area contributed by atoms with E-state index >= 15 is 0 Å². The Hall–Kier alpha value is -1.32. The van der Waals surface area contributed by atoms with Crippen molar-refractivity contribution in [3.8, 4) is 0 Å². The molecule has 0 bridgehead atoms. The highest BCUT2D eigenvalue weighted by Crippen LogP contribution is 2.15. The molecule has 60 valence electrons. The summed E-state index contributed by atoms with van der Waals surface area (Å²) in [6.45, 7) is 1.82. The number of esters is 1. The van der Waals surface area contributed by atoms with Crippen molar-refractivity contribution < 1.29 is 19.4 Å². The van der Waals surface area contributed by atoms with Crippen molar-refractivity contribution in [2.45, 2.75) is 19.4 Å². The molecule has 0 fully saturated rings. The number of cyclic esters (lactones) is 1. The highest BCUT2D eigenvalue weighted by molar-refractivity contribution is 6.14. The van der Waals surface area contributed by atoms with E-state index in [-0.39, 0.29) is 11.7 Å². The third-order valence-corrected chi connectivity index (χ3v) is 1.46. The maximum Gasteiger partial charge on any atom is 0.345 e. The van der Waals surface area contributed by atoms with Crippen LogP contribution in [-0.4, -0.2) is 23.1 Å². The standard InChI is InChI=1S/C7H8O4/c1-2-4-3-5(6(8)9)7(10)11-4/h3-4H,2H2,1H3,(H,8,9). The van der Waals surface area contributed by atoms with Gasteiger partial charge in [0.2, 0.25) is 0 Å². The third-order valence-electron chi connectivity index (χ3n) is 1.46. The number of hydrogen-bond donors (Lipinski definition) is 1. The summed E-state index contributed by atoms with van der Waals surface area (Å²) in [5.41, 5.74) is -0.253. The molecule has 1 heterocycles. The van der Waals surface area contributed by atoms with Crippen molar-refractivity contribution in [2.24, 2.45) is 0 Å². The molecule has 0 amide bonds. The van der Waals surface area contributed by atoms with E-state index in [1.165, 1.54) is 6.08 Å². The second-order valence-electron chi connectivity index (χ2n) is 2.24. The lowest BCUT2D eigenvalue weighted by Crippen LogP contribution is -2.10. The Kier molecular flexibility index (Phi) is 1.94. The third kappa shape index (κ3) is 1.39. The molecule has 0 aliphatic carbocycles. The first kappa shape index (κ1) is 7.78. The van der Waals surface area contributed by atoms with Crippen LogP contribution < -0.4 is 0 Å². The molecule has 0 spiro atoms. The highest BCUT2D eigenvalue weighted by atomic mass is 16.5. The van der Waals surface area contributed by atoms with Crippen molar-refractivity contribution in [3.05, 3.63) is 11.6 Å². The van der Waals surface area contributed by atoms with Gasteiger partial charge in [-0.2, -0.15) is 0 Å². The molecular formula is C7H8O4. The smallest absolute Gasteiger partial charge is 0.345 e. The number of ether oxygens (including phenoxy) is 1. The molecule has 1 N–H and O–H groups in total. The molecule has 0 aromatic carbocycles. The number of carbonyl (C=O) groups excluding carboxylic acids is 1. The van der Waals surface area contributed by atoms with E-state index < -0.39 is 11.9 Å². The molecule has 0 aromatic heterocycles. The zero-order chi connectivity index (χ0) is 8.43. The Bertz CT molecular complexity index is 229. The van der Waals surface area contributed by atoms with Gasteiger partial charge in [-0.3, -0.25) is 0 Å². The quantitative estimate of drug-likeness (QED) is 0.462. The molecule has 0 radical (unpaired) electrons. The molecular weight excluding hydrogens is 148 g/mol. The summed E-state index contributed by atoms with van der Waals surface area (Å²) in [5.74, 6) is -1.95. The number of carboxylic acid groups (broad SMARTS) is 1. The van der Waals surface area contributed by atoms with Gasteiger partial charge in [-0.25, -0.2) is 9.59 Å². The fraction of sp³-hybridized carbons (Fsp3) is 0.429. The zero-order valence-corrected chi connectivity index (χ0v) is 6.03. The molecule has 4 nitrogen and oxygen atoms in total. The van der Waals surface area contributed by atoms with Crippen LogP contribution >= 0.6 is 0 Å². The molecule has 0 saturated heterocycles. The molecule has 11 heavy (non-hydrogen) atoms. The van der Waals surface area contributed by atoms with Gasteiger partial charge < -0.3 is 9.84 Å². The van der Waals surface area contributed by atoms with Crippen LogP contribution in [0.5, 0.6) is 0 Å². The molecule has 0 saturated carbocycles. The van der Waals surface area contributed by atoms with Gasteiger partial charge in [0.1, 0.15) is 11.7 Å². The first-order valence-corrected chi connectivity index (χ1v) is 3.31. The van der Waals surface area contributed by atoms with Crippen molar-refractivity contribution in [1.29, 1.82) is 0 Å². The summed E-state index contributed by atoms with van der Waals surface area (Å²) >= 11 is 0. The van der Waals surface area contributed by atoms with Gasteiger partial charge in [0.15, 0.2) is 0 Å². The number of carbonyl (C=O) groups is 2. The van der Waals surface area contributed by atoms with Crippen LogP contribution in [-0.2, 0) is 14.3 Å².